The lowest BCUT2D eigenvalue weighted by Crippen LogP contribution is -2.47. The van der Waals surface area contributed by atoms with E-state index in [-0.39, 0.29) is 5.91 Å². The number of benzene rings is 1. The molecule has 1 amide bonds. The summed E-state index contributed by atoms with van der Waals surface area (Å²) in [5.41, 5.74) is 1.33. The second kappa shape index (κ2) is 8.41. The van der Waals surface area contributed by atoms with Gasteiger partial charge in [0.05, 0.1) is 19.1 Å². The van der Waals surface area contributed by atoms with Crippen LogP contribution in [0.5, 0.6) is 0 Å². The van der Waals surface area contributed by atoms with E-state index in [2.05, 4.69) is 9.62 Å². The quantitative estimate of drug-likeness (QED) is 0.764. The summed E-state index contributed by atoms with van der Waals surface area (Å²) in [7, 11) is -3.29. The maximum atomic E-state index is 12.4. The number of anilines is 1. The Morgan fingerprint density at radius 1 is 1.15 bits per heavy atom. The topological polar surface area (TPSA) is 82.9 Å². The van der Waals surface area contributed by atoms with Crippen LogP contribution in [0.3, 0.4) is 0 Å². The third kappa shape index (κ3) is 5.97. The molecule has 1 fully saturated rings. The first-order valence-electron chi connectivity index (χ1n) is 8.69. The Hall–Kier alpha value is -2.58. The third-order valence-corrected chi connectivity index (χ3v) is 4.88. The van der Waals surface area contributed by atoms with E-state index in [0.717, 1.165) is 37.2 Å². The van der Waals surface area contributed by atoms with Crippen LogP contribution in [0.1, 0.15) is 11.3 Å². The zero-order valence-electron chi connectivity index (χ0n) is 15.2. The van der Waals surface area contributed by atoms with Crippen LogP contribution in [0.4, 0.5) is 5.69 Å². The van der Waals surface area contributed by atoms with Crippen LogP contribution < -0.4 is 4.72 Å². The fourth-order valence-corrected chi connectivity index (χ4v) is 3.46. The molecule has 0 saturated carbocycles. The highest BCUT2D eigenvalue weighted by Gasteiger charge is 2.20. The lowest BCUT2D eigenvalue weighted by Gasteiger charge is -2.33. The maximum Gasteiger partial charge on any atom is 0.246 e. The van der Waals surface area contributed by atoms with Crippen LogP contribution >= 0.6 is 0 Å². The van der Waals surface area contributed by atoms with E-state index in [1.54, 1.807) is 42.7 Å². The Labute approximate surface area is 159 Å². The molecule has 2 aromatic rings. The third-order valence-electron chi connectivity index (χ3n) is 4.28. The normalized spacial score (nSPS) is 16.0. The van der Waals surface area contributed by atoms with Gasteiger partial charge in [0.15, 0.2) is 0 Å². The number of carbonyl (C=O) groups is 1. The standard InChI is InChI=1S/C19H23N3O4S/c1-27(24,25)20-17-7-4-16(5-8-17)6-9-19(23)22-12-10-21(11-13-22)15-18-3-2-14-26-18/h2-9,14,20H,10-13,15H2,1H3/b9-6+. The molecule has 0 unspecified atom stereocenters. The molecule has 1 aliphatic rings. The highest BCUT2D eigenvalue weighted by Crippen LogP contribution is 2.13. The molecular formula is C19H23N3O4S. The Morgan fingerprint density at radius 2 is 1.85 bits per heavy atom. The summed E-state index contributed by atoms with van der Waals surface area (Å²) in [6, 6.07) is 10.7. The van der Waals surface area contributed by atoms with Gasteiger partial charge in [-0.25, -0.2) is 8.42 Å². The number of amides is 1. The maximum absolute atomic E-state index is 12.4. The zero-order chi connectivity index (χ0) is 19.3. The number of carbonyl (C=O) groups excluding carboxylic acids is 1. The van der Waals surface area contributed by atoms with Gasteiger partial charge in [0.1, 0.15) is 5.76 Å². The van der Waals surface area contributed by atoms with E-state index in [1.165, 1.54) is 0 Å². The number of nitrogens with one attached hydrogen (secondary N) is 1. The molecule has 1 N–H and O–H groups in total. The molecule has 3 rings (SSSR count). The summed E-state index contributed by atoms with van der Waals surface area (Å²) >= 11 is 0. The molecule has 0 aliphatic carbocycles. The number of sulfonamides is 1. The molecule has 1 saturated heterocycles. The number of hydrogen-bond donors (Lipinski definition) is 1. The van der Waals surface area contributed by atoms with Crippen molar-refractivity contribution in [3.05, 3.63) is 60.1 Å². The van der Waals surface area contributed by atoms with Gasteiger partial charge in [-0.1, -0.05) is 12.1 Å². The van der Waals surface area contributed by atoms with E-state index in [1.807, 2.05) is 17.0 Å². The largest absolute Gasteiger partial charge is 0.468 e. The van der Waals surface area contributed by atoms with Gasteiger partial charge in [0, 0.05) is 37.9 Å². The van der Waals surface area contributed by atoms with Crippen LogP contribution in [0.2, 0.25) is 0 Å². The van der Waals surface area contributed by atoms with Gasteiger partial charge in [-0.2, -0.15) is 0 Å². The molecule has 1 aromatic carbocycles. The van der Waals surface area contributed by atoms with Crippen LogP contribution in [0.25, 0.3) is 6.08 Å². The van der Waals surface area contributed by atoms with Gasteiger partial charge in [-0.05, 0) is 35.9 Å². The van der Waals surface area contributed by atoms with Gasteiger partial charge < -0.3 is 9.32 Å². The first kappa shape index (κ1) is 19.2. The van der Waals surface area contributed by atoms with E-state index >= 15 is 0 Å². The molecule has 0 spiro atoms. The Morgan fingerprint density at radius 3 is 2.44 bits per heavy atom. The van der Waals surface area contributed by atoms with Gasteiger partial charge in [0.25, 0.3) is 0 Å². The average molecular weight is 389 g/mol. The molecule has 27 heavy (non-hydrogen) atoms. The summed E-state index contributed by atoms with van der Waals surface area (Å²) in [6.07, 6.45) is 6.07. The molecule has 1 aromatic heterocycles. The summed E-state index contributed by atoms with van der Waals surface area (Å²) < 4.78 is 30.2. The summed E-state index contributed by atoms with van der Waals surface area (Å²) in [6.45, 7) is 3.75. The van der Waals surface area contributed by atoms with Gasteiger partial charge in [0.2, 0.25) is 15.9 Å². The van der Waals surface area contributed by atoms with Crippen molar-refractivity contribution in [1.82, 2.24) is 9.80 Å². The highest BCUT2D eigenvalue weighted by molar-refractivity contribution is 7.92. The molecule has 1 aliphatic heterocycles. The fourth-order valence-electron chi connectivity index (χ4n) is 2.90. The molecule has 7 nitrogen and oxygen atoms in total. The summed E-state index contributed by atoms with van der Waals surface area (Å²) in [5, 5.41) is 0. The minimum absolute atomic E-state index is 0.0222. The molecule has 0 atom stereocenters. The number of furan rings is 1. The first-order chi connectivity index (χ1) is 12.9. The van der Waals surface area contributed by atoms with E-state index in [0.29, 0.717) is 18.8 Å². The number of rotatable bonds is 6. The first-order valence-corrected chi connectivity index (χ1v) is 10.6. The van der Waals surface area contributed by atoms with Crippen LogP contribution in [-0.2, 0) is 21.4 Å². The second-order valence-electron chi connectivity index (χ2n) is 6.51. The predicted molar refractivity (Wildman–Crippen MR) is 105 cm³/mol. The van der Waals surface area contributed by atoms with E-state index < -0.39 is 10.0 Å². The molecule has 0 radical (unpaired) electrons. The van der Waals surface area contributed by atoms with Crippen molar-refractivity contribution >= 4 is 27.7 Å². The van der Waals surface area contributed by atoms with Crippen LogP contribution in [0, 0.1) is 0 Å². The average Bonchev–Trinajstić information content (AvgIpc) is 3.13. The summed E-state index contributed by atoms with van der Waals surface area (Å²) in [4.78, 5) is 16.5. The lowest BCUT2D eigenvalue weighted by molar-refractivity contribution is -0.127. The minimum atomic E-state index is -3.29. The highest BCUT2D eigenvalue weighted by atomic mass is 32.2. The van der Waals surface area contributed by atoms with E-state index in [4.69, 9.17) is 4.42 Å². The second-order valence-corrected chi connectivity index (χ2v) is 8.26. The van der Waals surface area contributed by atoms with Crippen molar-refractivity contribution in [3.8, 4) is 0 Å². The number of nitrogens with zero attached hydrogens (tertiary/aromatic N) is 2. The molecular weight excluding hydrogens is 366 g/mol. The molecule has 0 bridgehead atoms. The number of piperazine rings is 1. The molecule has 2 heterocycles. The Bertz CT molecular complexity index is 882. The Balaban J connectivity index is 1.49. The SMILES string of the molecule is CS(=O)(=O)Nc1ccc(/C=C/C(=O)N2CCN(Cc3ccco3)CC2)cc1. The van der Waals surface area contributed by atoms with Gasteiger partial charge in [-0.15, -0.1) is 0 Å². The number of hydrogen-bond acceptors (Lipinski definition) is 5. The minimum Gasteiger partial charge on any atom is -0.468 e. The van der Waals surface area contributed by atoms with Crippen molar-refractivity contribution in [2.45, 2.75) is 6.54 Å². The molecule has 8 heteroatoms. The van der Waals surface area contributed by atoms with Crippen molar-refractivity contribution in [3.63, 3.8) is 0 Å². The zero-order valence-corrected chi connectivity index (χ0v) is 16.0. The lowest BCUT2D eigenvalue weighted by atomic mass is 10.2. The fraction of sp³-hybridized carbons (Fsp3) is 0.316. The molecule has 144 valence electrons. The predicted octanol–water partition coefficient (Wildman–Crippen LogP) is 2.01. The van der Waals surface area contributed by atoms with Crippen LogP contribution in [-0.4, -0.2) is 56.6 Å². The van der Waals surface area contributed by atoms with Crippen LogP contribution in [0.15, 0.2) is 53.2 Å². The van der Waals surface area contributed by atoms with Crippen molar-refractivity contribution in [1.29, 1.82) is 0 Å². The smallest absolute Gasteiger partial charge is 0.246 e. The van der Waals surface area contributed by atoms with Crippen molar-refractivity contribution < 1.29 is 17.6 Å². The van der Waals surface area contributed by atoms with Crippen molar-refractivity contribution in [2.24, 2.45) is 0 Å². The monoisotopic (exact) mass is 389 g/mol. The van der Waals surface area contributed by atoms with Gasteiger partial charge in [-0.3, -0.25) is 14.4 Å². The van der Waals surface area contributed by atoms with Crippen molar-refractivity contribution in [2.75, 3.05) is 37.2 Å². The van der Waals surface area contributed by atoms with E-state index in [9.17, 15) is 13.2 Å². The van der Waals surface area contributed by atoms with Gasteiger partial charge >= 0.3 is 0 Å². The Kier molecular flexibility index (Phi) is 5.98. The summed E-state index contributed by atoms with van der Waals surface area (Å²) in [5.74, 6) is 0.912.